The number of carbonyl (C=O) groups excluding carboxylic acids is 2. The molecule has 1 aromatic carbocycles. The first kappa shape index (κ1) is 18.9. The summed E-state index contributed by atoms with van der Waals surface area (Å²) < 4.78 is 0. The van der Waals surface area contributed by atoms with Crippen molar-refractivity contribution in [3.63, 3.8) is 0 Å². The summed E-state index contributed by atoms with van der Waals surface area (Å²) >= 11 is 3.15. The number of carbonyl (C=O) groups is 2. The van der Waals surface area contributed by atoms with E-state index in [1.54, 1.807) is 17.7 Å². The lowest BCUT2D eigenvalue weighted by Crippen LogP contribution is -2.47. The highest BCUT2D eigenvalue weighted by Crippen LogP contribution is 2.38. The lowest BCUT2D eigenvalue weighted by Gasteiger charge is -2.23. The van der Waals surface area contributed by atoms with Gasteiger partial charge in [0.1, 0.15) is 16.2 Å². The molecule has 0 saturated carbocycles. The van der Waals surface area contributed by atoms with E-state index in [-0.39, 0.29) is 17.9 Å². The maximum Gasteiger partial charge on any atom is 0.252 e. The van der Waals surface area contributed by atoms with Crippen LogP contribution in [0, 0.1) is 13.8 Å². The largest absolute Gasteiger partial charge is 0.354 e. The van der Waals surface area contributed by atoms with E-state index in [9.17, 15) is 9.59 Å². The van der Waals surface area contributed by atoms with E-state index in [0.717, 1.165) is 20.1 Å². The number of fused-ring (bicyclic) bond motifs is 1. The van der Waals surface area contributed by atoms with E-state index in [0.29, 0.717) is 24.9 Å². The van der Waals surface area contributed by atoms with Crippen LogP contribution in [0.25, 0.3) is 10.2 Å². The highest BCUT2D eigenvalue weighted by atomic mass is 32.2. The van der Waals surface area contributed by atoms with Gasteiger partial charge in [-0.2, -0.15) is 0 Å². The van der Waals surface area contributed by atoms with Gasteiger partial charge in [0.15, 0.2) is 0 Å². The zero-order chi connectivity index (χ0) is 19.7. The van der Waals surface area contributed by atoms with Gasteiger partial charge in [-0.3, -0.25) is 9.59 Å². The van der Waals surface area contributed by atoms with Crippen molar-refractivity contribution < 1.29 is 9.59 Å². The molecule has 0 aliphatic carbocycles. The van der Waals surface area contributed by atoms with Crippen LogP contribution in [0.3, 0.4) is 0 Å². The molecule has 1 aliphatic heterocycles. The zero-order valence-electron chi connectivity index (χ0n) is 15.6. The minimum atomic E-state index is -0.132. The predicted octanol–water partition coefficient (Wildman–Crippen LogP) is 3.47. The molecule has 4 rings (SSSR count). The molecular formula is C20H20N4O2S2. The number of rotatable bonds is 4. The predicted molar refractivity (Wildman–Crippen MR) is 111 cm³/mol. The molecule has 1 unspecified atom stereocenters. The van der Waals surface area contributed by atoms with Crippen LogP contribution in [-0.4, -0.2) is 34.4 Å². The Bertz CT molecular complexity index is 1050. The summed E-state index contributed by atoms with van der Waals surface area (Å²) in [7, 11) is 0. The molecular weight excluding hydrogens is 392 g/mol. The number of hydrogen-bond donors (Lipinski definition) is 2. The average molecular weight is 413 g/mol. The molecule has 0 radical (unpaired) electrons. The lowest BCUT2D eigenvalue weighted by atomic mass is 10.1. The number of nitrogens with zero attached hydrogens (tertiary/aromatic N) is 2. The van der Waals surface area contributed by atoms with Crippen LogP contribution in [0.15, 0.2) is 40.5 Å². The number of aromatic nitrogens is 2. The smallest absolute Gasteiger partial charge is 0.252 e. The van der Waals surface area contributed by atoms with Crippen molar-refractivity contribution in [2.24, 2.45) is 0 Å². The normalized spacial score (nSPS) is 16.8. The second-order valence-corrected chi connectivity index (χ2v) is 8.99. The number of amides is 2. The summed E-state index contributed by atoms with van der Waals surface area (Å²) in [6.45, 7) is 4.64. The van der Waals surface area contributed by atoms with Gasteiger partial charge in [0.2, 0.25) is 5.91 Å². The fourth-order valence-corrected chi connectivity index (χ4v) is 5.33. The van der Waals surface area contributed by atoms with Gasteiger partial charge in [-0.1, -0.05) is 23.9 Å². The molecule has 28 heavy (non-hydrogen) atoms. The fraction of sp³-hybridized carbons (Fsp3) is 0.300. The third kappa shape index (κ3) is 3.74. The summed E-state index contributed by atoms with van der Waals surface area (Å²) in [6, 6.07) is 7.49. The van der Waals surface area contributed by atoms with Crippen molar-refractivity contribution >= 4 is 45.1 Å². The molecule has 8 heteroatoms. The van der Waals surface area contributed by atoms with Gasteiger partial charge in [0.05, 0.1) is 5.56 Å². The van der Waals surface area contributed by atoms with Crippen molar-refractivity contribution in [2.45, 2.75) is 42.7 Å². The molecule has 3 heterocycles. The van der Waals surface area contributed by atoms with Crippen LogP contribution < -0.4 is 10.6 Å². The first-order valence-corrected chi connectivity index (χ1v) is 10.7. The standard InChI is InChI=1S/C20H20N4O2S2/c1-11-12(2)27-19-17(11)20(23-10-22-19)28-15-6-4-3-5-14(15)18(26)24-13-7-8-16(25)21-9-13/h3-6,10,13H,7-9H2,1-2H3,(H,21,25)(H,24,26). The molecule has 2 amide bonds. The molecule has 1 aliphatic rings. The Labute approximate surface area is 171 Å². The van der Waals surface area contributed by atoms with Gasteiger partial charge in [0.25, 0.3) is 5.91 Å². The van der Waals surface area contributed by atoms with Crippen LogP contribution in [0.1, 0.15) is 33.6 Å². The molecule has 1 saturated heterocycles. The lowest BCUT2D eigenvalue weighted by molar-refractivity contribution is -0.122. The van der Waals surface area contributed by atoms with Crippen molar-refractivity contribution in [2.75, 3.05) is 6.54 Å². The van der Waals surface area contributed by atoms with E-state index in [2.05, 4.69) is 34.4 Å². The summed E-state index contributed by atoms with van der Waals surface area (Å²) in [6.07, 6.45) is 2.68. The Hall–Kier alpha value is -2.45. The van der Waals surface area contributed by atoms with Gasteiger partial charge in [-0.15, -0.1) is 11.3 Å². The topological polar surface area (TPSA) is 84.0 Å². The van der Waals surface area contributed by atoms with Gasteiger partial charge in [-0.05, 0) is 38.0 Å². The maximum atomic E-state index is 12.9. The van der Waals surface area contributed by atoms with Crippen molar-refractivity contribution in [3.05, 3.63) is 46.6 Å². The second-order valence-electron chi connectivity index (χ2n) is 6.75. The third-order valence-electron chi connectivity index (χ3n) is 4.87. The van der Waals surface area contributed by atoms with Crippen molar-refractivity contribution in [1.82, 2.24) is 20.6 Å². The number of aryl methyl sites for hydroxylation is 2. The molecule has 6 nitrogen and oxygen atoms in total. The first-order chi connectivity index (χ1) is 13.5. The van der Waals surface area contributed by atoms with E-state index in [4.69, 9.17) is 0 Å². The van der Waals surface area contributed by atoms with E-state index >= 15 is 0 Å². The summed E-state index contributed by atoms with van der Waals surface area (Å²) in [5.41, 5.74) is 1.80. The van der Waals surface area contributed by atoms with Crippen molar-refractivity contribution in [1.29, 1.82) is 0 Å². The van der Waals surface area contributed by atoms with Gasteiger partial charge >= 0.3 is 0 Å². The Kier molecular flexibility index (Phi) is 5.32. The molecule has 0 bridgehead atoms. The maximum absolute atomic E-state index is 12.9. The Morgan fingerprint density at radius 1 is 1.29 bits per heavy atom. The van der Waals surface area contributed by atoms with E-state index in [1.165, 1.54) is 22.2 Å². The molecule has 1 atom stereocenters. The minimum absolute atomic E-state index is 0.0376. The average Bonchev–Trinajstić information content (AvgIpc) is 2.99. The van der Waals surface area contributed by atoms with Crippen molar-refractivity contribution in [3.8, 4) is 0 Å². The molecule has 2 N–H and O–H groups in total. The van der Waals surface area contributed by atoms with Crippen LogP contribution in [0.5, 0.6) is 0 Å². The zero-order valence-corrected chi connectivity index (χ0v) is 17.2. The Morgan fingerprint density at radius 2 is 2.11 bits per heavy atom. The van der Waals surface area contributed by atoms with Gasteiger partial charge < -0.3 is 10.6 Å². The number of thiophene rings is 1. The molecule has 2 aromatic heterocycles. The quantitative estimate of drug-likeness (QED) is 0.641. The van der Waals surface area contributed by atoms with Gasteiger partial charge in [0, 0.05) is 34.2 Å². The van der Waals surface area contributed by atoms with Gasteiger partial charge in [-0.25, -0.2) is 9.97 Å². The monoisotopic (exact) mass is 412 g/mol. The second kappa shape index (κ2) is 7.89. The molecule has 144 valence electrons. The van der Waals surface area contributed by atoms with E-state index < -0.39 is 0 Å². The number of piperidine rings is 1. The molecule has 1 fully saturated rings. The van der Waals surface area contributed by atoms with Crippen LogP contribution in [0.2, 0.25) is 0 Å². The van der Waals surface area contributed by atoms with E-state index in [1.807, 2.05) is 24.3 Å². The Balaban J connectivity index is 1.60. The number of hydrogen-bond acceptors (Lipinski definition) is 6. The number of benzene rings is 1. The van der Waals surface area contributed by atoms with Crippen LogP contribution in [-0.2, 0) is 4.79 Å². The molecule has 0 spiro atoms. The highest BCUT2D eigenvalue weighted by molar-refractivity contribution is 7.99. The molecule has 3 aromatic rings. The highest BCUT2D eigenvalue weighted by Gasteiger charge is 2.22. The SMILES string of the molecule is Cc1sc2ncnc(Sc3ccccc3C(=O)NC3CCC(=O)NC3)c2c1C. The summed E-state index contributed by atoms with van der Waals surface area (Å²) in [5.74, 6) is -0.0940. The number of nitrogens with one attached hydrogen (secondary N) is 2. The first-order valence-electron chi connectivity index (χ1n) is 9.08. The fourth-order valence-electron chi connectivity index (χ4n) is 3.19. The summed E-state index contributed by atoms with van der Waals surface area (Å²) in [4.78, 5) is 36.1. The Morgan fingerprint density at radius 3 is 2.89 bits per heavy atom. The summed E-state index contributed by atoms with van der Waals surface area (Å²) in [5, 5.41) is 7.75. The minimum Gasteiger partial charge on any atom is -0.354 e. The van der Waals surface area contributed by atoms with Crippen LogP contribution in [0.4, 0.5) is 0 Å². The third-order valence-corrected chi connectivity index (χ3v) is 7.06. The van der Waals surface area contributed by atoms with Crippen LogP contribution >= 0.6 is 23.1 Å².